The Kier molecular flexibility index (Phi) is 5.16. The SMILES string of the molecule is COc1cc(/C=N/NC(=O)c2ccc(C)c(Br)c2)ccc1O. The molecule has 114 valence electrons. The average molecular weight is 363 g/mol. The van der Waals surface area contributed by atoms with E-state index in [0.29, 0.717) is 16.9 Å². The smallest absolute Gasteiger partial charge is 0.271 e. The molecule has 0 saturated heterocycles. The largest absolute Gasteiger partial charge is 0.504 e. The minimum absolute atomic E-state index is 0.0493. The Bertz CT molecular complexity index is 729. The van der Waals surface area contributed by atoms with Crippen LogP contribution in [0.4, 0.5) is 0 Å². The average Bonchev–Trinajstić information content (AvgIpc) is 2.51. The van der Waals surface area contributed by atoms with Crippen molar-refractivity contribution < 1.29 is 14.6 Å². The van der Waals surface area contributed by atoms with Crippen molar-refractivity contribution in [3.8, 4) is 11.5 Å². The van der Waals surface area contributed by atoms with Gasteiger partial charge in [0.1, 0.15) is 0 Å². The third-order valence-corrected chi connectivity index (χ3v) is 3.87. The Labute approximate surface area is 136 Å². The highest BCUT2D eigenvalue weighted by atomic mass is 79.9. The van der Waals surface area contributed by atoms with Crippen LogP contribution in [0.15, 0.2) is 46.0 Å². The van der Waals surface area contributed by atoms with Crippen LogP contribution in [0.3, 0.4) is 0 Å². The molecule has 0 spiro atoms. The molecule has 5 nitrogen and oxygen atoms in total. The number of rotatable bonds is 4. The molecule has 2 aromatic carbocycles. The van der Waals surface area contributed by atoms with Gasteiger partial charge in [0.15, 0.2) is 11.5 Å². The number of amides is 1. The van der Waals surface area contributed by atoms with E-state index >= 15 is 0 Å². The summed E-state index contributed by atoms with van der Waals surface area (Å²) in [6.07, 6.45) is 1.48. The fourth-order valence-corrected chi connectivity index (χ4v) is 2.12. The van der Waals surface area contributed by atoms with E-state index in [0.717, 1.165) is 10.0 Å². The van der Waals surface area contributed by atoms with Crippen molar-refractivity contribution >= 4 is 28.1 Å². The number of methoxy groups -OCH3 is 1. The number of hydrogen-bond acceptors (Lipinski definition) is 4. The highest BCUT2D eigenvalue weighted by molar-refractivity contribution is 9.10. The summed E-state index contributed by atoms with van der Waals surface area (Å²) in [6, 6.07) is 10.1. The molecule has 0 aliphatic carbocycles. The van der Waals surface area contributed by atoms with Gasteiger partial charge in [0.2, 0.25) is 0 Å². The maximum atomic E-state index is 12.0. The van der Waals surface area contributed by atoms with Gasteiger partial charge in [-0.25, -0.2) is 5.43 Å². The van der Waals surface area contributed by atoms with E-state index in [2.05, 4.69) is 26.5 Å². The summed E-state index contributed by atoms with van der Waals surface area (Å²) in [7, 11) is 1.47. The summed E-state index contributed by atoms with van der Waals surface area (Å²) in [5, 5.41) is 13.4. The van der Waals surface area contributed by atoms with E-state index in [1.165, 1.54) is 19.4 Å². The number of nitrogens with one attached hydrogen (secondary N) is 1. The first-order valence-corrected chi connectivity index (χ1v) is 7.27. The molecule has 1 amide bonds. The van der Waals surface area contributed by atoms with Gasteiger partial charge in [-0.2, -0.15) is 5.10 Å². The number of hydrazone groups is 1. The molecule has 2 N–H and O–H groups in total. The summed E-state index contributed by atoms with van der Waals surface area (Å²) in [5.41, 5.74) is 4.71. The van der Waals surface area contributed by atoms with E-state index in [-0.39, 0.29) is 11.7 Å². The normalized spacial score (nSPS) is 10.7. The minimum atomic E-state index is -0.303. The van der Waals surface area contributed by atoms with Gasteiger partial charge in [0.05, 0.1) is 13.3 Å². The fraction of sp³-hybridized carbons (Fsp3) is 0.125. The first kappa shape index (κ1) is 16.0. The van der Waals surface area contributed by atoms with Crippen molar-refractivity contribution in [2.75, 3.05) is 7.11 Å². The van der Waals surface area contributed by atoms with Gasteiger partial charge in [0, 0.05) is 10.0 Å². The van der Waals surface area contributed by atoms with Gasteiger partial charge in [-0.15, -0.1) is 0 Å². The molecule has 0 bridgehead atoms. The molecule has 0 fully saturated rings. The van der Waals surface area contributed by atoms with Crippen LogP contribution in [0, 0.1) is 6.92 Å². The Morgan fingerprint density at radius 1 is 1.32 bits per heavy atom. The number of aryl methyl sites for hydroxylation is 1. The Hall–Kier alpha value is -2.34. The highest BCUT2D eigenvalue weighted by Gasteiger charge is 2.06. The van der Waals surface area contributed by atoms with Gasteiger partial charge in [-0.3, -0.25) is 4.79 Å². The zero-order chi connectivity index (χ0) is 16.1. The molecule has 0 aliphatic heterocycles. The van der Waals surface area contributed by atoms with Gasteiger partial charge in [-0.1, -0.05) is 22.0 Å². The van der Waals surface area contributed by atoms with Crippen molar-refractivity contribution in [1.29, 1.82) is 0 Å². The van der Waals surface area contributed by atoms with E-state index in [1.54, 1.807) is 24.3 Å². The maximum absolute atomic E-state index is 12.0. The van der Waals surface area contributed by atoms with E-state index in [4.69, 9.17) is 4.74 Å². The quantitative estimate of drug-likeness (QED) is 0.647. The van der Waals surface area contributed by atoms with E-state index in [1.807, 2.05) is 13.0 Å². The van der Waals surface area contributed by atoms with Gasteiger partial charge in [-0.05, 0) is 48.4 Å². The standard InChI is InChI=1S/C16H15BrN2O3/c1-10-3-5-12(8-13(10)17)16(21)19-18-9-11-4-6-14(20)15(7-11)22-2/h3-9,20H,1-2H3,(H,19,21)/b18-9+. The summed E-state index contributed by atoms with van der Waals surface area (Å²) < 4.78 is 5.87. The third-order valence-electron chi connectivity index (χ3n) is 3.02. The number of aromatic hydroxyl groups is 1. The van der Waals surface area contributed by atoms with Crippen LogP contribution in [-0.2, 0) is 0 Å². The molecule has 0 heterocycles. The molecule has 0 unspecified atom stereocenters. The summed E-state index contributed by atoms with van der Waals surface area (Å²) in [4.78, 5) is 12.0. The van der Waals surface area contributed by atoms with Gasteiger partial charge >= 0.3 is 0 Å². The molecule has 22 heavy (non-hydrogen) atoms. The lowest BCUT2D eigenvalue weighted by atomic mass is 10.1. The zero-order valence-corrected chi connectivity index (χ0v) is 13.7. The summed E-state index contributed by atoms with van der Waals surface area (Å²) in [5.74, 6) is 0.0913. The van der Waals surface area contributed by atoms with Crippen molar-refractivity contribution in [1.82, 2.24) is 5.43 Å². The number of nitrogens with zero attached hydrogens (tertiary/aromatic N) is 1. The van der Waals surface area contributed by atoms with Crippen molar-refractivity contribution in [3.05, 3.63) is 57.6 Å². The molecule has 0 aliphatic rings. The monoisotopic (exact) mass is 362 g/mol. The number of phenolic OH excluding ortho intramolecular Hbond substituents is 1. The van der Waals surface area contributed by atoms with Crippen LogP contribution >= 0.6 is 15.9 Å². The van der Waals surface area contributed by atoms with E-state index in [9.17, 15) is 9.90 Å². The number of phenols is 1. The molecule has 6 heteroatoms. The molecular formula is C16H15BrN2O3. The Balaban J connectivity index is 2.05. The number of benzene rings is 2. The molecule has 2 rings (SSSR count). The molecule has 2 aromatic rings. The van der Waals surface area contributed by atoms with Crippen molar-refractivity contribution in [2.24, 2.45) is 5.10 Å². The zero-order valence-electron chi connectivity index (χ0n) is 12.1. The molecule has 0 atom stereocenters. The number of hydrogen-bond donors (Lipinski definition) is 2. The van der Waals surface area contributed by atoms with Crippen LogP contribution in [0.25, 0.3) is 0 Å². The lowest BCUT2D eigenvalue weighted by molar-refractivity contribution is 0.0955. The van der Waals surface area contributed by atoms with Crippen LogP contribution < -0.4 is 10.2 Å². The number of ether oxygens (including phenoxy) is 1. The van der Waals surface area contributed by atoms with Crippen LogP contribution in [0.5, 0.6) is 11.5 Å². The third kappa shape index (κ3) is 3.85. The predicted octanol–water partition coefficient (Wildman–Crippen LogP) is 3.24. The van der Waals surface area contributed by atoms with E-state index < -0.39 is 0 Å². The maximum Gasteiger partial charge on any atom is 0.271 e. The van der Waals surface area contributed by atoms with Gasteiger partial charge in [0.25, 0.3) is 5.91 Å². The van der Waals surface area contributed by atoms with Crippen LogP contribution in [0.1, 0.15) is 21.5 Å². The second-order valence-corrected chi connectivity index (χ2v) is 5.45. The fourth-order valence-electron chi connectivity index (χ4n) is 1.74. The molecule has 0 radical (unpaired) electrons. The first-order valence-electron chi connectivity index (χ1n) is 6.48. The minimum Gasteiger partial charge on any atom is -0.504 e. The summed E-state index contributed by atoms with van der Waals surface area (Å²) in [6.45, 7) is 1.95. The lowest BCUT2D eigenvalue weighted by Crippen LogP contribution is -2.17. The number of carbonyl (C=O) groups is 1. The molecular weight excluding hydrogens is 348 g/mol. The first-order chi connectivity index (χ1) is 10.5. The van der Waals surface area contributed by atoms with Crippen LogP contribution in [-0.4, -0.2) is 24.3 Å². The molecule has 0 saturated carbocycles. The summed E-state index contributed by atoms with van der Waals surface area (Å²) >= 11 is 3.39. The lowest BCUT2D eigenvalue weighted by Gasteiger charge is -2.04. The molecule has 0 aromatic heterocycles. The Morgan fingerprint density at radius 3 is 2.77 bits per heavy atom. The second kappa shape index (κ2) is 7.09. The Morgan fingerprint density at radius 2 is 2.09 bits per heavy atom. The number of halogens is 1. The van der Waals surface area contributed by atoms with Gasteiger partial charge < -0.3 is 9.84 Å². The number of carbonyl (C=O) groups excluding carboxylic acids is 1. The topological polar surface area (TPSA) is 70.9 Å². The predicted molar refractivity (Wildman–Crippen MR) is 88.6 cm³/mol. The van der Waals surface area contributed by atoms with Crippen LogP contribution in [0.2, 0.25) is 0 Å². The van der Waals surface area contributed by atoms with Crippen molar-refractivity contribution in [2.45, 2.75) is 6.92 Å². The second-order valence-electron chi connectivity index (χ2n) is 4.59. The highest BCUT2D eigenvalue weighted by Crippen LogP contribution is 2.25. The van der Waals surface area contributed by atoms with Crippen molar-refractivity contribution in [3.63, 3.8) is 0 Å².